The Morgan fingerprint density at radius 3 is 1.88 bits per heavy atom. The van der Waals surface area contributed by atoms with Gasteiger partial charge >= 0.3 is 0 Å². The van der Waals surface area contributed by atoms with Crippen LogP contribution in [0.4, 0.5) is 0 Å². The van der Waals surface area contributed by atoms with Gasteiger partial charge in [0.25, 0.3) is 0 Å². The number of aliphatic imine (C=N–C) groups is 1. The van der Waals surface area contributed by atoms with Gasteiger partial charge in [0.15, 0.2) is 5.84 Å². The first-order valence-corrected chi connectivity index (χ1v) is 14.9. The lowest BCUT2D eigenvalue weighted by Crippen LogP contribution is -2.54. The number of amides is 1. The maximum Gasteiger partial charge on any atom is 0.217 e. The summed E-state index contributed by atoms with van der Waals surface area (Å²) in [5.41, 5.74) is 0. The van der Waals surface area contributed by atoms with Crippen LogP contribution >= 0.6 is 0 Å². The van der Waals surface area contributed by atoms with Crippen molar-refractivity contribution in [2.45, 2.75) is 136 Å². The van der Waals surface area contributed by atoms with Crippen LogP contribution in [0.25, 0.3) is 0 Å². The van der Waals surface area contributed by atoms with Crippen LogP contribution in [0.3, 0.4) is 0 Å². The summed E-state index contributed by atoms with van der Waals surface area (Å²) in [5, 5.41) is 2.96. The highest BCUT2D eigenvalue weighted by Gasteiger charge is 2.35. The minimum absolute atomic E-state index is 0.0636. The third-order valence-corrected chi connectivity index (χ3v) is 7.56. The molecule has 0 bridgehead atoms. The molecule has 1 unspecified atom stereocenters. The van der Waals surface area contributed by atoms with E-state index in [4.69, 9.17) is 4.99 Å². The minimum Gasteiger partial charge on any atom is -0.351 e. The zero-order valence-corrected chi connectivity index (χ0v) is 23.2. The molecule has 1 N–H and O–H groups in total. The molecule has 1 amide bonds. The van der Waals surface area contributed by atoms with Crippen molar-refractivity contribution in [2.24, 2.45) is 4.99 Å². The number of nitrogens with zero attached hydrogens (tertiary/aromatic N) is 2. The first-order chi connectivity index (χ1) is 16.6. The van der Waals surface area contributed by atoms with E-state index in [2.05, 4.69) is 31.3 Å². The van der Waals surface area contributed by atoms with E-state index >= 15 is 0 Å². The lowest BCUT2D eigenvalue weighted by molar-refractivity contribution is -0.833. The third-order valence-electron chi connectivity index (χ3n) is 7.56. The molecule has 198 valence electrons. The third kappa shape index (κ3) is 15.0. The van der Waals surface area contributed by atoms with Crippen molar-refractivity contribution in [3.8, 4) is 0 Å². The molecule has 1 aliphatic heterocycles. The fraction of sp³-hybridized carbons (Fsp3) is 0.867. The second-order valence-electron chi connectivity index (χ2n) is 10.4. The summed E-state index contributed by atoms with van der Waals surface area (Å²) in [5.74, 6) is 1.40. The summed E-state index contributed by atoms with van der Waals surface area (Å²) in [7, 11) is 0. The second kappa shape index (κ2) is 21.1. The number of carbonyl (C=O) groups excluding carboxylic acids is 1. The van der Waals surface area contributed by atoms with Crippen molar-refractivity contribution in [3.63, 3.8) is 0 Å². The monoisotopic (exact) mass is 476 g/mol. The fourth-order valence-electron chi connectivity index (χ4n) is 5.23. The van der Waals surface area contributed by atoms with E-state index in [9.17, 15) is 4.79 Å². The number of amidine groups is 1. The molecular weight excluding hydrogens is 418 g/mol. The molecule has 0 aromatic heterocycles. The average molecular weight is 477 g/mol. The smallest absolute Gasteiger partial charge is 0.217 e. The van der Waals surface area contributed by atoms with Crippen molar-refractivity contribution in [3.05, 3.63) is 12.2 Å². The largest absolute Gasteiger partial charge is 0.351 e. The molecule has 0 aromatic rings. The Labute approximate surface area is 212 Å². The summed E-state index contributed by atoms with van der Waals surface area (Å²) in [6, 6.07) is 0. The summed E-state index contributed by atoms with van der Waals surface area (Å²) >= 11 is 0. The first-order valence-electron chi connectivity index (χ1n) is 14.9. The minimum atomic E-state index is 0.0636. The molecule has 1 atom stereocenters. The molecule has 0 saturated heterocycles. The Balaban J connectivity index is 1.94. The molecule has 1 heterocycles. The number of hydrogen-bond acceptors (Lipinski definition) is 2. The number of likely N-dealkylation sites (N-methyl/N-ethyl adjacent to an activating group) is 1. The predicted molar refractivity (Wildman–Crippen MR) is 149 cm³/mol. The predicted octanol–water partition coefficient (Wildman–Crippen LogP) is 7.97. The molecule has 0 radical (unpaired) electrons. The summed E-state index contributed by atoms with van der Waals surface area (Å²) in [4.78, 5) is 16.0. The Bertz CT molecular complexity index is 557. The molecule has 1 rings (SSSR count). The quantitative estimate of drug-likeness (QED) is 0.0906. The van der Waals surface area contributed by atoms with E-state index in [-0.39, 0.29) is 5.91 Å². The lowest BCUT2D eigenvalue weighted by Gasteiger charge is -2.33. The zero-order chi connectivity index (χ0) is 24.7. The average Bonchev–Trinajstić information content (AvgIpc) is 3.23. The number of nitrogens with one attached hydrogen (secondary N) is 1. The highest BCUT2D eigenvalue weighted by atomic mass is 16.1. The SMILES string of the molecule is CCCCCCCCCCCCCCCCC/C=C/CCC1=NCC[N+]1(CC)CCNC(C)=O. The normalized spacial score (nSPS) is 18.0. The molecule has 0 aliphatic carbocycles. The molecule has 0 saturated carbocycles. The van der Waals surface area contributed by atoms with Crippen LogP contribution in [0.5, 0.6) is 0 Å². The van der Waals surface area contributed by atoms with Crippen LogP contribution in [0.1, 0.15) is 136 Å². The van der Waals surface area contributed by atoms with Crippen LogP contribution < -0.4 is 5.32 Å². The van der Waals surface area contributed by atoms with Crippen molar-refractivity contribution >= 4 is 11.7 Å². The molecule has 4 heteroatoms. The second-order valence-corrected chi connectivity index (χ2v) is 10.4. The van der Waals surface area contributed by atoms with Gasteiger partial charge in [0.1, 0.15) is 13.1 Å². The van der Waals surface area contributed by atoms with Crippen LogP contribution in [-0.2, 0) is 4.79 Å². The molecule has 0 fully saturated rings. The van der Waals surface area contributed by atoms with E-state index in [1.54, 1.807) is 6.92 Å². The van der Waals surface area contributed by atoms with Crippen LogP contribution in [0.15, 0.2) is 17.1 Å². The topological polar surface area (TPSA) is 41.5 Å². The van der Waals surface area contributed by atoms with Gasteiger partial charge in [-0.3, -0.25) is 9.28 Å². The Morgan fingerprint density at radius 2 is 1.35 bits per heavy atom. The molecule has 1 aliphatic rings. The van der Waals surface area contributed by atoms with E-state index in [1.807, 2.05) is 0 Å². The lowest BCUT2D eigenvalue weighted by atomic mass is 10.0. The van der Waals surface area contributed by atoms with Gasteiger partial charge in [0, 0.05) is 13.3 Å². The van der Waals surface area contributed by atoms with Gasteiger partial charge in [-0.25, -0.2) is 4.99 Å². The number of hydrogen-bond donors (Lipinski definition) is 1. The molecule has 0 spiro atoms. The number of unbranched alkanes of at least 4 members (excludes halogenated alkanes) is 15. The van der Waals surface area contributed by atoms with Gasteiger partial charge in [0.05, 0.1) is 19.6 Å². The van der Waals surface area contributed by atoms with Gasteiger partial charge in [0.2, 0.25) is 5.91 Å². The molecule has 4 nitrogen and oxygen atoms in total. The van der Waals surface area contributed by atoms with Crippen molar-refractivity contribution in [2.75, 3.05) is 32.7 Å². The van der Waals surface area contributed by atoms with Gasteiger partial charge in [-0.2, -0.15) is 0 Å². The van der Waals surface area contributed by atoms with Crippen LogP contribution in [-0.4, -0.2) is 48.9 Å². The number of carbonyl (C=O) groups is 1. The van der Waals surface area contributed by atoms with Gasteiger partial charge in [-0.15, -0.1) is 0 Å². The maximum atomic E-state index is 11.2. The molecule has 0 aromatic carbocycles. The van der Waals surface area contributed by atoms with Gasteiger partial charge in [-0.05, 0) is 26.2 Å². The van der Waals surface area contributed by atoms with Crippen LogP contribution in [0, 0.1) is 0 Å². The standard InChI is InChI=1S/C30H57N3O/c1-4-6-7-8-9-10-11-12-13-14-15-16-17-18-19-20-21-22-23-24-30-32-26-28-33(30,5-2)27-25-31-29(3)34/h21-22H,4-20,23-28H2,1-3H3/p+1/b22-21+. The van der Waals surface area contributed by atoms with Crippen LogP contribution in [0.2, 0.25) is 0 Å². The zero-order valence-electron chi connectivity index (χ0n) is 23.2. The van der Waals surface area contributed by atoms with E-state index in [1.165, 1.54) is 109 Å². The Morgan fingerprint density at radius 1 is 0.824 bits per heavy atom. The van der Waals surface area contributed by atoms with Crippen molar-refractivity contribution in [1.29, 1.82) is 0 Å². The van der Waals surface area contributed by atoms with E-state index in [0.29, 0.717) is 0 Å². The Kier molecular flexibility index (Phi) is 19.2. The summed E-state index contributed by atoms with van der Waals surface area (Å²) < 4.78 is 0.965. The number of rotatable bonds is 23. The molecule has 34 heavy (non-hydrogen) atoms. The highest BCUT2D eigenvalue weighted by Crippen LogP contribution is 2.19. The van der Waals surface area contributed by atoms with E-state index < -0.39 is 0 Å². The first kappa shape index (κ1) is 30.9. The molecular formula is C30H58N3O+. The van der Waals surface area contributed by atoms with Crippen molar-refractivity contribution < 1.29 is 9.28 Å². The number of allylic oxidation sites excluding steroid dienone is 2. The summed E-state index contributed by atoms with van der Waals surface area (Å²) in [6.45, 7) is 11.0. The highest BCUT2D eigenvalue weighted by molar-refractivity contribution is 5.77. The van der Waals surface area contributed by atoms with Crippen molar-refractivity contribution in [1.82, 2.24) is 5.32 Å². The Hall–Kier alpha value is -1.16. The van der Waals surface area contributed by atoms with Gasteiger partial charge < -0.3 is 5.32 Å². The fourth-order valence-corrected chi connectivity index (χ4v) is 5.23. The maximum absolute atomic E-state index is 11.2. The summed E-state index contributed by atoms with van der Waals surface area (Å²) in [6.07, 6.45) is 29.5. The van der Waals surface area contributed by atoms with E-state index in [0.717, 1.165) is 50.0 Å². The van der Waals surface area contributed by atoms with Gasteiger partial charge in [-0.1, -0.05) is 109 Å². The number of quaternary nitrogens is 1.